The van der Waals surface area contributed by atoms with Gasteiger partial charge in [0.1, 0.15) is 5.69 Å². The molecule has 0 spiro atoms. The molecule has 1 aliphatic carbocycles. The first kappa shape index (κ1) is 15.7. The fraction of sp³-hybridized carbons (Fsp3) is 0.222. The third kappa shape index (κ3) is 2.07. The van der Waals surface area contributed by atoms with E-state index in [9.17, 15) is 14.9 Å². The molecule has 1 aromatic heterocycles. The highest BCUT2D eigenvalue weighted by atomic mass is 32.2. The lowest BCUT2D eigenvalue weighted by Crippen LogP contribution is -2.35. The van der Waals surface area contributed by atoms with Crippen molar-refractivity contribution in [3.05, 3.63) is 62.6 Å². The van der Waals surface area contributed by atoms with Crippen LogP contribution < -0.4 is 11.3 Å². The van der Waals surface area contributed by atoms with Gasteiger partial charge in [-0.05, 0) is 26.0 Å². The van der Waals surface area contributed by atoms with Crippen LogP contribution in [-0.2, 0) is 4.75 Å². The van der Waals surface area contributed by atoms with Gasteiger partial charge in [-0.2, -0.15) is 15.0 Å². The minimum Gasteiger partial charge on any atom is -0.397 e. The summed E-state index contributed by atoms with van der Waals surface area (Å²) >= 11 is 1.10. The summed E-state index contributed by atoms with van der Waals surface area (Å²) in [6.07, 6.45) is 0.321. The van der Waals surface area contributed by atoms with Crippen LogP contribution in [0, 0.1) is 18.3 Å². The van der Waals surface area contributed by atoms with E-state index in [-0.39, 0.29) is 22.1 Å². The van der Waals surface area contributed by atoms with Crippen molar-refractivity contribution in [1.29, 1.82) is 5.26 Å². The van der Waals surface area contributed by atoms with Gasteiger partial charge in [0, 0.05) is 12.0 Å². The van der Waals surface area contributed by atoms with E-state index >= 15 is 0 Å². The van der Waals surface area contributed by atoms with E-state index < -0.39 is 10.3 Å². The first-order valence-electron chi connectivity index (χ1n) is 7.73. The Morgan fingerprint density at radius 2 is 2.00 bits per heavy atom. The summed E-state index contributed by atoms with van der Waals surface area (Å²) in [4.78, 5) is 25.6. The Labute approximate surface area is 148 Å². The summed E-state index contributed by atoms with van der Waals surface area (Å²) < 4.78 is 0.527. The van der Waals surface area contributed by atoms with E-state index in [1.54, 1.807) is 12.1 Å². The van der Waals surface area contributed by atoms with Crippen LogP contribution in [0.1, 0.15) is 40.5 Å². The fourth-order valence-electron chi connectivity index (χ4n) is 3.41. The van der Waals surface area contributed by atoms with Crippen molar-refractivity contribution in [2.75, 3.05) is 0 Å². The number of nitrogens with two attached hydrogens (primary N) is 1. The highest BCUT2D eigenvalue weighted by Gasteiger charge is 2.49. The van der Waals surface area contributed by atoms with Crippen LogP contribution in [0.4, 0.5) is 0 Å². The largest absolute Gasteiger partial charge is 0.397 e. The summed E-state index contributed by atoms with van der Waals surface area (Å²) in [5.41, 5.74) is 8.86. The minimum absolute atomic E-state index is 0.153. The smallest absolute Gasteiger partial charge is 0.281 e. The van der Waals surface area contributed by atoms with E-state index in [0.717, 1.165) is 17.3 Å². The van der Waals surface area contributed by atoms with Gasteiger partial charge in [0.25, 0.3) is 5.56 Å². The number of hydrogen-bond donors (Lipinski definition) is 1. The van der Waals surface area contributed by atoms with Gasteiger partial charge >= 0.3 is 0 Å². The van der Waals surface area contributed by atoms with Crippen LogP contribution in [0.3, 0.4) is 0 Å². The van der Waals surface area contributed by atoms with Crippen LogP contribution in [0.15, 0.2) is 34.6 Å². The maximum absolute atomic E-state index is 13.1. The lowest BCUT2D eigenvalue weighted by Gasteiger charge is -2.29. The van der Waals surface area contributed by atoms with Gasteiger partial charge in [-0.15, -0.1) is 0 Å². The molecular weight excluding hydrogens is 336 g/mol. The molecule has 2 aromatic rings. The van der Waals surface area contributed by atoms with Crippen molar-refractivity contribution in [2.24, 2.45) is 5.73 Å². The van der Waals surface area contributed by atoms with Crippen molar-refractivity contribution >= 4 is 22.6 Å². The molecule has 0 amide bonds. The molecule has 1 unspecified atom stereocenters. The molecule has 0 saturated heterocycles. The van der Waals surface area contributed by atoms with E-state index in [4.69, 9.17) is 5.73 Å². The van der Waals surface area contributed by atoms with Crippen molar-refractivity contribution in [1.82, 2.24) is 9.78 Å². The number of benzene rings is 1. The molecule has 2 aliphatic rings. The Hall–Kier alpha value is -2.85. The molecular formula is C18H14N4O2S. The van der Waals surface area contributed by atoms with Crippen LogP contribution in [0.5, 0.6) is 0 Å². The molecule has 0 fully saturated rings. The summed E-state index contributed by atoms with van der Waals surface area (Å²) in [5.74, 6) is 0. The average Bonchev–Trinajstić information content (AvgIpc) is 2.83. The summed E-state index contributed by atoms with van der Waals surface area (Å²) in [6.45, 7) is 3.80. The predicted molar refractivity (Wildman–Crippen MR) is 95.2 cm³/mol. The van der Waals surface area contributed by atoms with Gasteiger partial charge in [0.15, 0.2) is 0 Å². The molecule has 124 valence electrons. The Bertz CT molecular complexity index is 1080. The van der Waals surface area contributed by atoms with Gasteiger partial charge in [-0.1, -0.05) is 29.5 Å². The zero-order chi connectivity index (χ0) is 17.9. The van der Waals surface area contributed by atoms with E-state index in [0.29, 0.717) is 23.2 Å². The van der Waals surface area contributed by atoms with Crippen LogP contribution in [-0.4, -0.2) is 14.9 Å². The lowest BCUT2D eigenvalue weighted by molar-refractivity contribution is 0.108. The van der Waals surface area contributed by atoms with E-state index in [1.807, 2.05) is 26.0 Å². The molecule has 1 aliphatic heterocycles. The molecule has 0 bridgehead atoms. The molecule has 1 aromatic carbocycles. The number of nitriles is 1. The second-order valence-corrected chi connectivity index (χ2v) is 7.93. The number of aromatic nitrogens is 2. The number of aryl methyl sites for hydroxylation is 1. The topological polar surface area (TPSA) is 102 Å². The predicted octanol–water partition coefficient (Wildman–Crippen LogP) is 2.24. The van der Waals surface area contributed by atoms with E-state index in [2.05, 4.69) is 11.2 Å². The van der Waals surface area contributed by atoms with E-state index in [1.165, 1.54) is 4.68 Å². The Kier molecular flexibility index (Phi) is 3.18. The highest BCUT2D eigenvalue weighted by molar-refractivity contribution is 8.15. The van der Waals surface area contributed by atoms with Crippen molar-refractivity contribution in [3.63, 3.8) is 0 Å². The first-order valence-corrected chi connectivity index (χ1v) is 8.54. The molecule has 25 heavy (non-hydrogen) atoms. The highest BCUT2D eigenvalue weighted by Crippen LogP contribution is 2.54. The Morgan fingerprint density at radius 1 is 1.32 bits per heavy atom. The molecule has 0 saturated carbocycles. The van der Waals surface area contributed by atoms with Crippen LogP contribution in [0.25, 0.3) is 11.4 Å². The van der Waals surface area contributed by atoms with Gasteiger partial charge < -0.3 is 5.73 Å². The fourth-order valence-corrected chi connectivity index (χ4v) is 4.57. The van der Waals surface area contributed by atoms with Crippen molar-refractivity contribution in [3.8, 4) is 11.8 Å². The molecule has 0 radical (unpaired) electrons. The number of thioether (sulfide) groups is 1. The molecule has 1 atom stereocenters. The van der Waals surface area contributed by atoms with Crippen molar-refractivity contribution < 1.29 is 4.79 Å². The summed E-state index contributed by atoms with van der Waals surface area (Å²) in [5, 5.41) is 13.5. The quantitative estimate of drug-likeness (QED) is 0.846. The number of nitrogens with zero attached hydrogens (tertiary/aromatic N) is 3. The standard InChI is InChI=1S/C18H14N4O2S/c1-9-3-5-11(6-4-9)22-16(23)12-13-15(21-22)17(24)25-18(13,2)7-10(8-19)14(12)20/h3-6H,7,20H2,1-2H3. The third-order valence-electron chi connectivity index (χ3n) is 4.66. The maximum Gasteiger partial charge on any atom is 0.281 e. The minimum atomic E-state index is -0.672. The zero-order valence-electron chi connectivity index (χ0n) is 13.7. The molecule has 7 heteroatoms. The first-order chi connectivity index (χ1) is 11.9. The van der Waals surface area contributed by atoms with Crippen LogP contribution >= 0.6 is 11.8 Å². The van der Waals surface area contributed by atoms with Gasteiger partial charge in [0.2, 0.25) is 5.12 Å². The number of hydrogen-bond acceptors (Lipinski definition) is 6. The molecule has 2 N–H and O–H groups in total. The van der Waals surface area contributed by atoms with Gasteiger partial charge in [-0.3, -0.25) is 9.59 Å². The number of rotatable bonds is 1. The summed E-state index contributed by atoms with van der Waals surface area (Å²) in [7, 11) is 0. The normalized spacial score (nSPS) is 21.2. The summed E-state index contributed by atoms with van der Waals surface area (Å²) in [6, 6.07) is 9.34. The lowest BCUT2D eigenvalue weighted by atomic mass is 9.82. The van der Waals surface area contributed by atoms with Crippen LogP contribution in [0.2, 0.25) is 0 Å². The zero-order valence-corrected chi connectivity index (χ0v) is 14.5. The second kappa shape index (κ2) is 5.07. The van der Waals surface area contributed by atoms with Gasteiger partial charge in [-0.25, -0.2) is 0 Å². The average molecular weight is 350 g/mol. The molecule has 4 rings (SSSR count). The molecule has 2 heterocycles. The monoisotopic (exact) mass is 350 g/mol. The molecule has 6 nitrogen and oxygen atoms in total. The Balaban J connectivity index is 2.10. The SMILES string of the molecule is Cc1ccc(-n2nc3c4c(c2=O)C(N)=C(C#N)CC4(C)SC3=O)cc1. The van der Waals surface area contributed by atoms with Crippen molar-refractivity contribution in [2.45, 2.75) is 25.0 Å². The third-order valence-corrected chi connectivity index (χ3v) is 5.83. The van der Waals surface area contributed by atoms with Gasteiger partial charge in [0.05, 0.1) is 33.3 Å². The number of allylic oxidation sites excluding steroid dienone is 1. The second-order valence-electron chi connectivity index (χ2n) is 6.45. The maximum atomic E-state index is 13.1. The number of carbonyl (C=O) groups is 1. The number of carbonyl (C=O) groups excluding carboxylic acids is 1. The Morgan fingerprint density at radius 3 is 2.64 bits per heavy atom.